The SMILES string of the molecule is Cc1[nH]c(=S)[nH]c(=O)c1Cc1ccc([N+](=O)[O-])cc1. The Hall–Kier alpha value is -2.28. The Kier molecular flexibility index (Phi) is 3.57. The van der Waals surface area contributed by atoms with Crippen molar-refractivity contribution in [3.63, 3.8) is 0 Å². The van der Waals surface area contributed by atoms with Gasteiger partial charge in [-0.05, 0) is 24.7 Å². The summed E-state index contributed by atoms with van der Waals surface area (Å²) in [6.07, 6.45) is 0.394. The molecule has 0 unspecified atom stereocenters. The van der Waals surface area contributed by atoms with Crippen LogP contribution in [0.1, 0.15) is 16.8 Å². The van der Waals surface area contributed by atoms with Crippen molar-refractivity contribution in [3.05, 3.63) is 66.3 Å². The van der Waals surface area contributed by atoms with E-state index in [1.54, 1.807) is 19.1 Å². The third-order valence-electron chi connectivity index (χ3n) is 2.78. The van der Waals surface area contributed by atoms with Gasteiger partial charge < -0.3 is 4.98 Å². The predicted octanol–water partition coefficient (Wildman–Crippen LogP) is 2.24. The second-order valence-corrected chi connectivity index (χ2v) is 4.52. The summed E-state index contributed by atoms with van der Waals surface area (Å²) in [7, 11) is 0. The minimum Gasteiger partial charge on any atom is -0.336 e. The van der Waals surface area contributed by atoms with Crippen LogP contribution in [0.4, 0.5) is 5.69 Å². The Morgan fingerprint density at radius 1 is 1.26 bits per heavy atom. The van der Waals surface area contributed by atoms with Gasteiger partial charge in [-0.15, -0.1) is 0 Å². The highest BCUT2D eigenvalue weighted by Gasteiger charge is 2.08. The minimum absolute atomic E-state index is 0.0295. The molecule has 1 aromatic carbocycles. The summed E-state index contributed by atoms with van der Waals surface area (Å²) in [6.45, 7) is 1.77. The van der Waals surface area contributed by atoms with Crippen molar-refractivity contribution in [2.24, 2.45) is 0 Å². The lowest BCUT2D eigenvalue weighted by atomic mass is 10.0. The van der Waals surface area contributed by atoms with E-state index in [9.17, 15) is 14.9 Å². The first kappa shape index (κ1) is 13.2. The monoisotopic (exact) mass is 277 g/mol. The second kappa shape index (κ2) is 5.15. The van der Waals surface area contributed by atoms with Crippen molar-refractivity contribution in [2.45, 2.75) is 13.3 Å². The molecule has 0 amide bonds. The summed E-state index contributed by atoms with van der Waals surface area (Å²) in [4.78, 5) is 27.3. The van der Waals surface area contributed by atoms with Crippen molar-refractivity contribution >= 4 is 17.9 Å². The van der Waals surface area contributed by atoms with Crippen molar-refractivity contribution in [1.82, 2.24) is 9.97 Å². The number of aromatic nitrogens is 2. The number of H-pyrrole nitrogens is 2. The molecule has 7 heteroatoms. The third-order valence-corrected chi connectivity index (χ3v) is 2.99. The molecule has 2 rings (SSSR count). The van der Waals surface area contributed by atoms with E-state index in [4.69, 9.17) is 12.2 Å². The molecule has 0 bridgehead atoms. The number of aromatic amines is 2. The molecule has 2 aromatic rings. The number of hydrogen-bond acceptors (Lipinski definition) is 4. The Labute approximate surface area is 113 Å². The molecule has 1 heterocycles. The molecule has 0 aliphatic heterocycles. The first-order valence-corrected chi connectivity index (χ1v) is 5.93. The van der Waals surface area contributed by atoms with Gasteiger partial charge in [-0.25, -0.2) is 0 Å². The van der Waals surface area contributed by atoms with Gasteiger partial charge in [-0.3, -0.25) is 19.9 Å². The van der Waals surface area contributed by atoms with Crippen molar-refractivity contribution in [2.75, 3.05) is 0 Å². The standard InChI is InChI=1S/C12H11N3O3S/c1-7-10(11(16)14-12(19)13-7)6-8-2-4-9(5-3-8)15(17)18/h2-5H,6H2,1H3,(H2,13,14,16,19). The van der Waals surface area contributed by atoms with E-state index in [1.165, 1.54) is 12.1 Å². The van der Waals surface area contributed by atoms with Gasteiger partial charge in [-0.1, -0.05) is 12.1 Å². The zero-order valence-corrected chi connectivity index (χ0v) is 10.9. The predicted molar refractivity (Wildman–Crippen MR) is 72.9 cm³/mol. The molecule has 2 N–H and O–H groups in total. The summed E-state index contributed by atoms with van der Waals surface area (Å²) >= 11 is 4.87. The molecular weight excluding hydrogens is 266 g/mol. The highest BCUT2D eigenvalue weighted by molar-refractivity contribution is 7.71. The number of nitro groups is 1. The number of hydrogen-bond donors (Lipinski definition) is 2. The van der Waals surface area contributed by atoms with E-state index >= 15 is 0 Å². The summed E-state index contributed by atoms with van der Waals surface area (Å²) in [6, 6.07) is 6.12. The Morgan fingerprint density at radius 3 is 2.42 bits per heavy atom. The van der Waals surface area contributed by atoms with Gasteiger partial charge in [0.2, 0.25) is 0 Å². The Balaban J connectivity index is 2.34. The summed E-state index contributed by atoms with van der Waals surface area (Å²) in [5.41, 5.74) is 1.89. The Bertz CT molecular complexity index is 731. The van der Waals surface area contributed by atoms with Crippen molar-refractivity contribution < 1.29 is 4.92 Å². The smallest absolute Gasteiger partial charge is 0.269 e. The van der Waals surface area contributed by atoms with E-state index in [0.717, 1.165) is 5.56 Å². The second-order valence-electron chi connectivity index (χ2n) is 4.11. The molecular formula is C12H11N3O3S. The summed E-state index contributed by atoms with van der Waals surface area (Å²) in [5, 5.41) is 10.6. The minimum atomic E-state index is -0.457. The highest BCUT2D eigenvalue weighted by Crippen LogP contribution is 2.14. The van der Waals surface area contributed by atoms with Gasteiger partial charge in [-0.2, -0.15) is 0 Å². The molecule has 0 aliphatic carbocycles. The van der Waals surface area contributed by atoms with Crippen LogP contribution in [0.3, 0.4) is 0 Å². The van der Waals surface area contributed by atoms with Crippen LogP contribution in [0.2, 0.25) is 0 Å². The molecule has 0 spiro atoms. The fourth-order valence-electron chi connectivity index (χ4n) is 1.78. The largest absolute Gasteiger partial charge is 0.336 e. The van der Waals surface area contributed by atoms with Crippen LogP contribution < -0.4 is 5.56 Å². The zero-order valence-electron chi connectivity index (χ0n) is 10.1. The van der Waals surface area contributed by atoms with Crippen LogP contribution in [0.15, 0.2) is 29.1 Å². The van der Waals surface area contributed by atoms with Crippen LogP contribution in [-0.2, 0) is 6.42 Å². The van der Waals surface area contributed by atoms with Gasteiger partial charge in [0.05, 0.1) is 4.92 Å². The lowest BCUT2D eigenvalue weighted by Crippen LogP contribution is -2.16. The number of nitrogens with zero attached hydrogens (tertiary/aromatic N) is 1. The zero-order chi connectivity index (χ0) is 14.0. The van der Waals surface area contributed by atoms with Crippen molar-refractivity contribution in [3.8, 4) is 0 Å². The molecule has 0 radical (unpaired) electrons. The van der Waals surface area contributed by atoms with Gasteiger partial charge in [0, 0.05) is 29.8 Å². The van der Waals surface area contributed by atoms with Crippen LogP contribution in [0.5, 0.6) is 0 Å². The number of benzene rings is 1. The molecule has 0 saturated carbocycles. The van der Waals surface area contributed by atoms with Gasteiger partial charge in [0.1, 0.15) is 0 Å². The summed E-state index contributed by atoms with van der Waals surface area (Å²) < 4.78 is 0.287. The highest BCUT2D eigenvalue weighted by atomic mass is 32.1. The number of rotatable bonds is 3. The molecule has 0 atom stereocenters. The van der Waals surface area contributed by atoms with E-state index in [-0.39, 0.29) is 16.0 Å². The summed E-state index contributed by atoms with van der Waals surface area (Å²) in [5.74, 6) is 0. The topological polar surface area (TPSA) is 91.8 Å². The lowest BCUT2D eigenvalue weighted by molar-refractivity contribution is -0.384. The number of aryl methyl sites for hydroxylation is 1. The maximum Gasteiger partial charge on any atom is 0.269 e. The number of nitrogens with one attached hydrogen (secondary N) is 2. The van der Waals surface area contributed by atoms with E-state index < -0.39 is 4.92 Å². The lowest BCUT2D eigenvalue weighted by Gasteiger charge is -2.04. The maximum absolute atomic E-state index is 11.8. The number of non-ortho nitro benzene ring substituents is 1. The van der Waals surface area contributed by atoms with Gasteiger partial charge in [0.25, 0.3) is 11.2 Å². The Morgan fingerprint density at radius 2 is 1.89 bits per heavy atom. The van der Waals surface area contributed by atoms with Crippen LogP contribution >= 0.6 is 12.2 Å². The molecule has 0 fully saturated rings. The fraction of sp³-hybridized carbons (Fsp3) is 0.167. The molecule has 6 nitrogen and oxygen atoms in total. The number of nitro benzene ring substituents is 1. The molecule has 0 aliphatic rings. The van der Waals surface area contributed by atoms with Crippen molar-refractivity contribution in [1.29, 1.82) is 0 Å². The van der Waals surface area contributed by atoms with Crippen LogP contribution in [0.25, 0.3) is 0 Å². The molecule has 1 aromatic heterocycles. The molecule has 19 heavy (non-hydrogen) atoms. The van der Waals surface area contributed by atoms with Crippen LogP contribution in [-0.4, -0.2) is 14.9 Å². The average molecular weight is 277 g/mol. The van der Waals surface area contributed by atoms with E-state index in [0.29, 0.717) is 17.7 Å². The van der Waals surface area contributed by atoms with Crippen LogP contribution in [0, 0.1) is 21.8 Å². The average Bonchev–Trinajstić information content (AvgIpc) is 2.34. The van der Waals surface area contributed by atoms with E-state index in [2.05, 4.69) is 9.97 Å². The van der Waals surface area contributed by atoms with Gasteiger partial charge in [0.15, 0.2) is 4.77 Å². The first-order valence-electron chi connectivity index (χ1n) is 5.53. The van der Waals surface area contributed by atoms with Gasteiger partial charge >= 0.3 is 0 Å². The first-order chi connectivity index (χ1) is 8.97. The fourth-order valence-corrected chi connectivity index (χ4v) is 2.02. The van der Waals surface area contributed by atoms with E-state index in [1.807, 2.05) is 0 Å². The molecule has 0 saturated heterocycles. The third kappa shape index (κ3) is 2.94. The quantitative estimate of drug-likeness (QED) is 0.511. The molecule has 98 valence electrons. The maximum atomic E-state index is 11.8. The normalized spacial score (nSPS) is 10.4.